The molecule has 0 nitrogen and oxygen atoms in total. The Morgan fingerprint density at radius 3 is 1.05 bits per heavy atom. The molecular formula is C18H29Cl2GeHf. The van der Waals surface area contributed by atoms with Crippen molar-refractivity contribution in [2.75, 3.05) is 0 Å². The van der Waals surface area contributed by atoms with E-state index >= 15 is 0 Å². The summed E-state index contributed by atoms with van der Waals surface area (Å²) in [6.45, 7) is 12.8. The predicted molar refractivity (Wildman–Crippen MR) is 89.6 cm³/mol. The quantitative estimate of drug-likeness (QED) is 0.266. The van der Waals surface area contributed by atoms with E-state index in [1.54, 1.807) is 0 Å². The van der Waals surface area contributed by atoms with Gasteiger partial charge in [-0.3, -0.25) is 12.2 Å². The summed E-state index contributed by atoms with van der Waals surface area (Å²) in [7, 11) is 0. The number of halogens is 2. The number of rotatable bonds is 0. The van der Waals surface area contributed by atoms with Crippen molar-refractivity contribution in [1.29, 1.82) is 0 Å². The summed E-state index contributed by atoms with van der Waals surface area (Å²) in [5.74, 6) is 5.66. The van der Waals surface area contributed by atoms with E-state index in [0.29, 0.717) is 27.3 Å². The Morgan fingerprint density at radius 1 is 0.773 bits per heavy atom. The topological polar surface area (TPSA) is 0 Å². The second-order valence-electron chi connectivity index (χ2n) is 5.39. The van der Waals surface area contributed by atoms with Crippen LogP contribution >= 0.6 is 0 Å². The zero-order chi connectivity index (χ0) is 15.0. The monoisotopic (exact) mass is 569 g/mol. The largest absolute Gasteiger partial charge is 4.00 e. The van der Waals surface area contributed by atoms with Gasteiger partial charge in [0.2, 0.25) is 0 Å². The summed E-state index contributed by atoms with van der Waals surface area (Å²) in [6, 6.07) is 0. The molecule has 0 bridgehead atoms. The minimum absolute atomic E-state index is 0. The molecule has 0 aliphatic heterocycles. The molecule has 2 unspecified atom stereocenters. The Labute approximate surface area is 176 Å². The number of allylic oxidation sites excluding steroid dienone is 8. The molecule has 0 N–H and O–H groups in total. The zero-order valence-electron chi connectivity index (χ0n) is 15.1. The van der Waals surface area contributed by atoms with Crippen LogP contribution in [0.5, 0.6) is 0 Å². The van der Waals surface area contributed by atoms with Crippen LogP contribution in [0.4, 0.5) is 0 Å². The maximum atomic E-state index is 3.29. The fourth-order valence-corrected chi connectivity index (χ4v) is 1.99. The van der Waals surface area contributed by atoms with E-state index in [0.717, 1.165) is 0 Å². The number of hydrogen-bond donors (Lipinski definition) is 0. The minimum atomic E-state index is 0. The third kappa shape index (κ3) is 13.4. The van der Waals surface area contributed by atoms with Gasteiger partial charge in [0.15, 0.2) is 0 Å². The molecule has 2 aliphatic rings. The average Bonchev–Trinajstić information content (AvgIpc) is 2.72. The summed E-state index contributed by atoms with van der Waals surface area (Å²) in [6.07, 6.45) is 11.0. The Morgan fingerprint density at radius 2 is 1.00 bits per heavy atom. The first-order valence-corrected chi connectivity index (χ1v) is 12.0. The molecule has 0 fully saturated rings. The molecule has 22 heavy (non-hydrogen) atoms. The maximum Gasteiger partial charge on any atom is 4.00 e. The van der Waals surface area contributed by atoms with Crippen molar-refractivity contribution in [3.05, 3.63) is 46.6 Å². The first-order valence-electron chi connectivity index (χ1n) is 7.13. The van der Waals surface area contributed by atoms with Gasteiger partial charge in [-0.1, -0.05) is 39.5 Å². The van der Waals surface area contributed by atoms with E-state index in [9.17, 15) is 0 Å². The molecular weight excluding hydrogens is 538 g/mol. The van der Waals surface area contributed by atoms with Gasteiger partial charge in [0.25, 0.3) is 0 Å². The molecule has 2 aliphatic carbocycles. The van der Waals surface area contributed by atoms with Crippen LogP contribution < -0.4 is 24.8 Å². The van der Waals surface area contributed by atoms with Crippen LogP contribution in [0.15, 0.2) is 34.4 Å². The molecule has 0 saturated heterocycles. The third-order valence-electron chi connectivity index (χ3n) is 3.07. The zero-order valence-corrected chi connectivity index (χ0v) is 22.7. The molecule has 0 aromatic carbocycles. The van der Waals surface area contributed by atoms with Crippen molar-refractivity contribution in [2.45, 2.75) is 53.1 Å². The second-order valence-corrected chi connectivity index (χ2v) is 7.82. The summed E-state index contributed by atoms with van der Waals surface area (Å²) < 4.78 is 0. The van der Waals surface area contributed by atoms with Crippen LogP contribution in [-0.4, -0.2) is 15.4 Å². The summed E-state index contributed by atoms with van der Waals surface area (Å²) in [5, 5.41) is 0. The van der Waals surface area contributed by atoms with E-state index in [1.165, 1.54) is 22.3 Å². The van der Waals surface area contributed by atoms with E-state index in [1.807, 2.05) is 0 Å². The maximum absolute atomic E-state index is 3.29. The molecule has 0 aromatic rings. The average molecular weight is 567 g/mol. The van der Waals surface area contributed by atoms with Gasteiger partial charge in [0.05, 0.1) is 0 Å². The van der Waals surface area contributed by atoms with Crippen molar-refractivity contribution < 1.29 is 50.7 Å². The van der Waals surface area contributed by atoms with Gasteiger partial charge < -0.3 is 24.8 Å². The van der Waals surface area contributed by atoms with Crippen molar-refractivity contribution in [3.8, 4) is 0 Å². The van der Waals surface area contributed by atoms with Crippen LogP contribution in [0.2, 0.25) is 11.5 Å². The summed E-state index contributed by atoms with van der Waals surface area (Å²) in [4.78, 5) is 0. The molecule has 0 heterocycles. The third-order valence-corrected chi connectivity index (χ3v) is 3.07. The Bertz CT molecular complexity index is 335. The molecule has 123 valence electrons. The van der Waals surface area contributed by atoms with Crippen molar-refractivity contribution in [2.24, 2.45) is 11.8 Å². The fraction of sp³-hybridized carbons (Fsp3) is 0.556. The molecule has 0 spiro atoms. The van der Waals surface area contributed by atoms with Gasteiger partial charge in [-0.15, -0.1) is 13.8 Å². The van der Waals surface area contributed by atoms with Crippen LogP contribution in [-0.2, 0) is 25.8 Å². The van der Waals surface area contributed by atoms with Gasteiger partial charge >= 0.3 is 52.8 Å². The molecule has 4 heteroatoms. The molecule has 2 atom stereocenters. The van der Waals surface area contributed by atoms with Gasteiger partial charge in [0.1, 0.15) is 0 Å². The second kappa shape index (κ2) is 16.8. The van der Waals surface area contributed by atoms with Crippen molar-refractivity contribution >= 4 is 15.4 Å². The van der Waals surface area contributed by atoms with Crippen LogP contribution in [0.1, 0.15) is 41.5 Å². The predicted octanol–water partition coefficient (Wildman–Crippen LogP) is -0.812. The summed E-state index contributed by atoms with van der Waals surface area (Å²) in [5.41, 5.74) is 5.41. The van der Waals surface area contributed by atoms with Gasteiger partial charge in [0, 0.05) is 0 Å². The minimum Gasteiger partial charge on any atom is -1.00 e. The first-order chi connectivity index (χ1) is 8.81. The SMILES string of the molecule is CC1=[C-]C(C)C=C1C.CC1=[C-]C(C)C=C1C.[CH3][GeH][CH3].[Cl-].[Cl-].[Hf+4]. The van der Waals surface area contributed by atoms with Gasteiger partial charge in [-0.2, -0.15) is 12.2 Å². The number of hydrogen-bond acceptors (Lipinski definition) is 0. The first kappa shape index (κ1) is 30.8. The van der Waals surface area contributed by atoms with Crippen LogP contribution in [0, 0.1) is 24.0 Å². The molecule has 1 radical (unpaired) electrons. The van der Waals surface area contributed by atoms with E-state index < -0.39 is 0 Å². The fourth-order valence-electron chi connectivity index (χ4n) is 1.99. The van der Waals surface area contributed by atoms with Crippen molar-refractivity contribution in [3.63, 3.8) is 0 Å². The molecule has 0 saturated carbocycles. The normalized spacial score (nSPS) is 20.9. The van der Waals surface area contributed by atoms with Gasteiger partial charge in [-0.25, -0.2) is 22.3 Å². The van der Waals surface area contributed by atoms with Crippen LogP contribution in [0.3, 0.4) is 0 Å². The Hall–Kier alpha value is 0.953. The Kier molecular flexibility index (Phi) is 23.5. The van der Waals surface area contributed by atoms with Crippen molar-refractivity contribution in [1.82, 2.24) is 0 Å². The molecule has 0 amide bonds. The standard InChI is InChI=1S/2C8H11.C2H7Ge.2ClH.Hf/c2*1-6-4-7(2)8(3)5-6;1-3-2;;;/h2*4,6H,1-3H3;3H,1-2H3;2*1H;/q2*-1;;;;+4/p-2. The van der Waals surface area contributed by atoms with E-state index in [2.05, 4.69) is 77.4 Å². The van der Waals surface area contributed by atoms with E-state index in [-0.39, 0.29) is 50.7 Å². The summed E-state index contributed by atoms with van der Waals surface area (Å²) >= 11 is 0.312. The molecule has 2 rings (SSSR count). The smallest absolute Gasteiger partial charge is 1.00 e. The molecule has 0 aromatic heterocycles. The Balaban J connectivity index is -0.000000112. The van der Waals surface area contributed by atoms with Gasteiger partial charge in [-0.05, 0) is 0 Å². The van der Waals surface area contributed by atoms with E-state index in [4.69, 9.17) is 0 Å². The van der Waals surface area contributed by atoms with Crippen LogP contribution in [0.25, 0.3) is 0 Å².